The Hall–Kier alpha value is -1.55. The molecule has 15 heavy (non-hydrogen) atoms. The van der Waals surface area contributed by atoms with Crippen molar-refractivity contribution in [2.24, 2.45) is 11.8 Å². The highest BCUT2D eigenvalue weighted by atomic mass is 16.7. The van der Waals surface area contributed by atoms with Gasteiger partial charge in [-0.1, -0.05) is 19.1 Å². The number of carbonyl (C=O) groups is 1. The van der Waals surface area contributed by atoms with Crippen molar-refractivity contribution in [3.63, 3.8) is 0 Å². The van der Waals surface area contributed by atoms with E-state index in [9.17, 15) is 4.79 Å². The molecule has 0 radical (unpaired) electrons. The molecule has 1 atom stereocenters. The Balaban J connectivity index is 2.66. The molecule has 0 fully saturated rings. The minimum absolute atomic E-state index is 0.216. The fourth-order valence-corrected chi connectivity index (χ4v) is 1.41. The van der Waals surface area contributed by atoms with Gasteiger partial charge in [0.25, 0.3) is 0 Å². The molecule has 1 aromatic rings. The van der Waals surface area contributed by atoms with Crippen LogP contribution in [0.3, 0.4) is 0 Å². The molecular weight excluding hydrogens is 194 g/mol. The molecule has 0 saturated carbocycles. The number of hydrogen-bond acceptors (Lipinski definition) is 4. The molecule has 0 heterocycles. The first-order valence-corrected chi connectivity index (χ1v) is 4.85. The Labute approximate surface area is 88.6 Å². The van der Waals surface area contributed by atoms with Gasteiger partial charge in [0.2, 0.25) is 0 Å². The third-order valence-electron chi connectivity index (χ3n) is 2.36. The summed E-state index contributed by atoms with van der Waals surface area (Å²) in [6.07, 6.45) is 1.25. The van der Waals surface area contributed by atoms with Gasteiger partial charge in [0, 0.05) is 0 Å². The Morgan fingerprint density at radius 1 is 1.47 bits per heavy atom. The molecule has 1 aromatic carbocycles. The Morgan fingerprint density at radius 2 is 2.07 bits per heavy atom. The van der Waals surface area contributed by atoms with Gasteiger partial charge in [-0.2, -0.15) is 5.90 Å². The smallest absolute Gasteiger partial charge is 0.327 e. The zero-order chi connectivity index (χ0) is 11.3. The van der Waals surface area contributed by atoms with Crippen LogP contribution in [0.25, 0.3) is 0 Å². The van der Waals surface area contributed by atoms with Crippen molar-refractivity contribution in [2.75, 3.05) is 0 Å². The van der Waals surface area contributed by atoms with Gasteiger partial charge in [0.1, 0.15) is 5.75 Å². The third kappa shape index (κ3) is 3.25. The zero-order valence-corrected chi connectivity index (χ0v) is 8.64. The maximum absolute atomic E-state index is 11.2. The van der Waals surface area contributed by atoms with Crippen molar-refractivity contribution < 1.29 is 14.7 Å². The second-order valence-corrected chi connectivity index (χ2v) is 3.41. The molecule has 4 heteroatoms. The molecule has 0 spiro atoms. The third-order valence-corrected chi connectivity index (χ3v) is 2.36. The molecule has 0 aliphatic heterocycles. The molecule has 1 unspecified atom stereocenters. The van der Waals surface area contributed by atoms with Gasteiger partial charge < -0.3 is 9.94 Å². The van der Waals surface area contributed by atoms with Crippen molar-refractivity contribution in [3.05, 3.63) is 29.8 Å². The summed E-state index contributed by atoms with van der Waals surface area (Å²) in [5, 5.41) is 9.09. The van der Waals surface area contributed by atoms with Crippen LogP contribution in [0.5, 0.6) is 5.75 Å². The summed E-state index contributed by atoms with van der Waals surface area (Å²) in [7, 11) is 0. The summed E-state index contributed by atoms with van der Waals surface area (Å²) < 4.78 is 0. The zero-order valence-electron chi connectivity index (χ0n) is 8.64. The number of rotatable bonds is 4. The standard InChI is InChI=1S/C11H15NO3/c1-2-9(11(14)15-12)7-8-3-5-10(13)6-4-8/h3-6,9,13H,2,7,12H2,1H3. The van der Waals surface area contributed by atoms with Gasteiger partial charge in [-0.05, 0) is 30.5 Å². The minimum Gasteiger partial charge on any atom is -0.508 e. The average molecular weight is 209 g/mol. The number of hydrogen-bond donors (Lipinski definition) is 2. The summed E-state index contributed by atoms with van der Waals surface area (Å²) in [5.41, 5.74) is 0.977. The minimum atomic E-state index is -0.398. The van der Waals surface area contributed by atoms with E-state index in [1.807, 2.05) is 6.92 Å². The molecule has 0 saturated heterocycles. The van der Waals surface area contributed by atoms with Crippen LogP contribution in [0.2, 0.25) is 0 Å². The number of carbonyl (C=O) groups excluding carboxylic acids is 1. The van der Waals surface area contributed by atoms with Crippen LogP contribution in [0, 0.1) is 5.92 Å². The lowest BCUT2D eigenvalue weighted by Crippen LogP contribution is -2.22. The van der Waals surface area contributed by atoms with Crippen LogP contribution < -0.4 is 5.90 Å². The quantitative estimate of drug-likeness (QED) is 0.735. The van der Waals surface area contributed by atoms with Gasteiger partial charge in [-0.15, -0.1) is 0 Å². The lowest BCUT2D eigenvalue weighted by molar-refractivity contribution is -0.149. The predicted molar refractivity (Wildman–Crippen MR) is 55.9 cm³/mol. The van der Waals surface area contributed by atoms with Crippen molar-refractivity contribution in [1.82, 2.24) is 0 Å². The fourth-order valence-electron chi connectivity index (χ4n) is 1.41. The molecule has 0 aliphatic carbocycles. The molecule has 1 rings (SSSR count). The van der Waals surface area contributed by atoms with Gasteiger partial charge in [-0.3, -0.25) is 4.79 Å². The van der Waals surface area contributed by atoms with E-state index in [-0.39, 0.29) is 11.7 Å². The second-order valence-electron chi connectivity index (χ2n) is 3.41. The number of phenolic OH excluding ortho intramolecular Hbond substituents is 1. The highest BCUT2D eigenvalue weighted by Gasteiger charge is 2.17. The van der Waals surface area contributed by atoms with E-state index >= 15 is 0 Å². The van der Waals surface area contributed by atoms with Gasteiger partial charge in [0.05, 0.1) is 5.92 Å². The number of benzene rings is 1. The summed E-state index contributed by atoms with van der Waals surface area (Å²) >= 11 is 0. The maximum Gasteiger partial charge on any atom is 0.327 e. The molecule has 0 bridgehead atoms. The number of phenols is 1. The molecule has 3 N–H and O–H groups in total. The Morgan fingerprint density at radius 3 is 2.53 bits per heavy atom. The van der Waals surface area contributed by atoms with E-state index in [4.69, 9.17) is 11.0 Å². The lowest BCUT2D eigenvalue weighted by Gasteiger charge is -2.11. The van der Waals surface area contributed by atoms with Gasteiger partial charge >= 0.3 is 5.97 Å². The normalized spacial score (nSPS) is 12.1. The fraction of sp³-hybridized carbons (Fsp3) is 0.364. The summed E-state index contributed by atoms with van der Waals surface area (Å²) in [5.74, 6) is 4.43. The molecule has 82 valence electrons. The molecule has 0 aromatic heterocycles. The average Bonchev–Trinajstić information content (AvgIpc) is 2.27. The topological polar surface area (TPSA) is 72.5 Å². The van der Waals surface area contributed by atoms with Crippen LogP contribution in [0.4, 0.5) is 0 Å². The predicted octanol–water partition coefficient (Wildman–Crippen LogP) is 1.38. The monoisotopic (exact) mass is 209 g/mol. The number of aromatic hydroxyl groups is 1. The molecule has 4 nitrogen and oxygen atoms in total. The maximum atomic E-state index is 11.2. The SMILES string of the molecule is CCC(Cc1ccc(O)cc1)C(=O)ON. The highest BCUT2D eigenvalue weighted by molar-refractivity contribution is 5.72. The van der Waals surface area contributed by atoms with Crippen molar-refractivity contribution in [1.29, 1.82) is 0 Å². The van der Waals surface area contributed by atoms with Crippen LogP contribution in [-0.4, -0.2) is 11.1 Å². The van der Waals surface area contributed by atoms with E-state index in [2.05, 4.69) is 4.84 Å². The van der Waals surface area contributed by atoms with Crippen molar-refractivity contribution >= 4 is 5.97 Å². The summed E-state index contributed by atoms with van der Waals surface area (Å²) in [6.45, 7) is 1.90. The van der Waals surface area contributed by atoms with Crippen LogP contribution in [0.15, 0.2) is 24.3 Å². The lowest BCUT2D eigenvalue weighted by atomic mass is 9.97. The van der Waals surface area contributed by atoms with E-state index in [0.717, 1.165) is 5.56 Å². The van der Waals surface area contributed by atoms with Gasteiger partial charge in [0.15, 0.2) is 0 Å². The molecule has 0 aliphatic rings. The van der Waals surface area contributed by atoms with E-state index in [1.54, 1.807) is 24.3 Å². The van der Waals surface area contributed by atoms with Crippen LogP contribution in [-0.2, 0) is 16.1 Å². The molecular formula is C11H15NO3. The first kappa shape index (κ1) is 11.5. The first-order chi connectivity index (χ1) is 7.17. The second kappa shape index (κ2) is 5.36. The van der Waals surface area contributed by atoms with E-state index in [1.165, 1.54) is 0 Å². The number of nitrogens with two attached hydrogens (primary N) is 1. The largest absolute Gasteiger partial charge is 0.508 e. The van der Waals surface area contributed by atoms with Crippen LogP contribution in [0.1, 0.15) is 18.9 Å². The summed E-state index contributed by atoms with van der Waals surface area (Å²) in [4.78, 5) is 15.4. The van der Waals surface area contributed by atoms with Crippen LogP contribution >= 0.6 is 0 Å². The van der Waals surface area contributed by atoms with Crippen molar-refractivity contribution in [3.8, 4) is 5.75 Å². The first-order valence-electron chi connectivity index (χ1n) is 4.85. The molecule has 0 amide bonds. The van der Waals surface area contributed by atoms with Gasteiger partial charge in [-0.25, -0.2) is 0 Å². The van der Waals surface area contributed by atoms with E-state index < -0.39 is 5.97 Å². The van der Waals surface area contributed by atoms with E-state index in [0.29, 0.717) is 12.8 Å². The summed E-state index contributed by atoms with van der Waals surface area (Å²) in [6, 6.07) is 6.75. The Kier molecular flexibility index (Phi) is 4.12. The van der Waals surface area contributed by atoms with Crippen molar-refractivity contribution in [2.45, 2.75) is 19.8 Å². The highest BCUT2D eigenvalue weighted by Crippen LogP contribution is 2.16. The Bertz CT molecular complexity index is 321.